The maximum Gasteiger partial charge on any atom is 0.0331 e. The zero-order valence-electron chi connectivity index (χ0n) is 12.6. The molecule has 0 amide bonds. The molecule has 19 heavy (non-hydrogen) atoms. The summed E-state index contributed by atoms with van der Waals surface area (Å²) in [5.41, 5.74) is 0. The largest absolute Gasteiger partial charge is 0.313 e. The van der Waals surface area contributed by atoms with Gasteiger partial charge in [0, 0.05) is 34.9 Å². The zero-order valence-corrected chi connectivity index (χ0v) is 13.4. The van der Waals surface area contributed by atoms with Gasteiger partial charge in [-0.05, 0) is 37.9 Å². The van der Waals surface area contributed by atoms with E-state index < -0.39 is 0 Å². The van der Waals surface area contributed by atoms with Crippen molar-refractivity contribution in [1.82, 2.24) is 10.2 Å². The quantitative estimate of drug-likeness (QED) is 0.855. The molecule has 2 heterocycles. The minimum Gasteiger partial charge on any atom is -0.313 e. The molecule has 0 bridgehead atoms. The van der Waals surface area contributed by atoms with Gasteiger partial charge in [-0.25, -0.2) is 0 Å². The van der Waals surface area contributed by atoms with E-state index in [0.717, 1.165) is 19.1 Å². The van der Waals surface area contributed by atoms with Crippen molar-refractivity contribution in [3.05, 3.63) is 21.9 Å². The molecule has 1 fully saturated rings. The lowest BCUT2D eigenvalue weighted by molar-refractivity contribution is 0.137. The molecule has 0 radical (unpaired) electrons. The van der Waals surface area contributed by atoms with Crippen LogP contribution in [0, 0.1) is 0 Å². The summed E-state index contributed by atoms with van der Waals surface area (Å²) < 4.78 is 0. The number of hydrogen-bond acceptors (Lipinski definition) is 3. The first-order valence-corrected chi connectivity index (χ1v) is 8.55. The molecular formula is C16H28N2S. The summed E-state index contributed by atoms with van der Waals surface area (Å²) in [7, 11) is 0. The van der Waals surface area contributed by atoms with Crippen molar-refractivity contribution in [3.63, 3.8) is 0 Å². The van der Waals surface area contributed by atoms with Crippen LogP contribution in [0.5, 0.6) is 0 Å². The second-order valence-corrected chi connectivity index (χ2v) is 7.16. The Morgan fingerprint density at radius 3 is 2.79 bits per heavy atom. The van der Waals surface area contributed by atoms with Crippen molar-refractivity contribution in [1.29, 1.82) is 0 Å². The molecule has 0 aromatic carbocycles. The maximum atomic E-state index is 3.61. The number of nitrogens with one attached hydrogen (secondary N) is 1. The third kappa shape index (κ3) is 4.59. The van der Waals surface area contributed by atoms with Crippen molar-refractivity contribution in [2.24, 2.45) is 0 Å². The highest BCUT2D eigenvalue weighted by Crippen LogP contribution is 2.23. The van der Waals surface area contributed by atoms with E-state index in [-0.39, 0.29) is 0 Å². The highest BCUT2D eigenvalue weighted by Gasteiger charge is 2.22. The van der Waals surface area contributed by atoms with Gasteiger partial charge < -0.3 is 5.32 Å². The van der Waals surface area contributed by atoms with Crippen LogP contribution in [0.1, 0.15) is 49.8 Å². The topological polar surface area (TPSA) is 15.3 Å². The van der Waals surface area contributed by atoms with Crippen LogP contribution in [-0.2, 0) is 13.0 Å². The molecule has 1 aromatic rings. The monoisotopic (exact) mass is 280 g/mol. The fourth-order valence-corrected chi connectivity index (χ4v) is 3.75. The Bertz CT molecular complexity index is 373. The third-order valence-electron chi connectivity index (χ3n) is 3.94. The normalized spacial score (nSPS) is 21.2. The van der Waals surface area contributed by atoms with Crippen LogP contribution in [0.15, 0.2) is 12.1 Å². The van der Waals surface area contributed by atoms with Crippen LogP contribution in [0.3, 0.4) is 0 Å². The molecule has 2 rings (SSSR count). The lowest BCUT2D eigenvalue weighted by atomic mass is 10.0. The van der Waals surface area contributed by atoms with Gasteiger partial charge in [-0.3, -0.25) is 4.90 Å². The first kappa shape index (κ1) is 15.0. The zero-order chi connectivity index (χ0) is 13.7. The number of rotatable bonds is 6. The summed E-state index contributed by atoms with van der Waals surface area (Å²) in [5, 5.41) is 3.61. The van der Waals surface area contributed by atoms with Crippen LogP contribution in [0.25, 0.3) is 0 Å². The van der Waals surface area contributed by atoms with E-state index in [0.29, 0.717) is 6.04 Å². The van der Waals surface area contributed by atoms with Gasteiger partial charge in [-0.1, -0.05) is 27.2 Å². The van der Waals surface area contributed by atoms with Gasteiger partial charge in [-0.15, -0.1) is 11.3 Å². The average molecular weight is 280 g/mol. The summed E-state index contributed by atoms with van der Waals surface area (Å²) >= 11 is 1.99. The number of aryl methyl sites for hydroxylation is 1. The molecule has 1 unspecified atom stereocenters. The Balaban J connectivity index is 1.91. The van der Waals surface area contributed by atoms with Crippen molar-refractivity contribution in [3.8, 4) is 0 Å². The minimum absolute atomic E-state index is 0.595. The standard InChI is InChI=1S/C16H28N2S/c1-4-15-8-9-16(19-15)12-18-10-6-5-7-14(18)11-17-13(2)3/h8-9,13-14,17H,4-7,10-12H2,1-3H3. The number of piperidine rings is 1. The first-order valence-electron chi connectivity index (χ1n) is 7.74. The number of thiophene rings is 1. The maximum absolute atomic E-state index is 3.61. The second-order valence-electron chi connectivity index (χ2n) is 5.90. The van der Waals surface area contributed by atoms with Crippen LogP contribution in [0.4, 0.5) is 0 Å². The lowest BCUT2D eigenvalue weighted by Crippen LogP contribution is -2.46. The molecule has 1 N–H and O–H groups in total. The van der Waals surface area contributed by atoms with Crippen molar-refractivity contribution in [2.75, 3.05) is 13.1 Å². The second kappa shape index (κ2) is 7.41. The van der Waals surface area contributed by atoms with Gasteiger partial charge in [0.05, 0.1) is 0 Å². The van der Waals surface area contributed by atoms with Crippen LogP contribution in [0.2, 0.25) is 0 Å². The molecule has 1 aliphatic rings. The molecule has 0 spiro atoms. The summed E-state index contributed by atoms with van der Waals surface area (Å²) in [4.78, 5) is 5.74. The van der Waals surface area contributed by atoms with Crippen LogP contribution in [-0.4, -0.2) is 30.1 Å². The van der Waals surface area contributed by atoms with E-state index in [1.165, 1.54) is 42.0 Å². The Morgan fingerprint density at radius 1 is 1.32 bits per heavy atom. The van der Waals surface area contributed by atoms with Gasteiger partial charge >= 0.3 is 0 Å². The summed E-state index contributed by atoms with van der Waals surface area (Å²) in [6, 6.07) is 5.94. The molecule has 3 heteroatoms. The molecule has 1 aliphatic heterocycles. The first-order chi connectivity index (χ1) is 9.19. The molecule has 1 atom stereocenters. The lowest BCUT2D eigenvalue weighted by Gasteiger charge is -2.36. The molecular weight excluding hydrogens is 252 g/mol. The average Bonchev–Trinajstić information content (AvgIpc) is 2.85. The van der Waals surface area contributed by atoms with Crippen molar-refractivity contribution >= 4 is 11.3 Å². The van der Waals surface area contributed by atoms with E-state index >= 15 is 0 Å². The number of hydrogen-bond donors (Lipinski definition) is 1. The predicted octanol–water partition coefficient (Wildman–Crippen LogP) is 3.66. The fraction of sp³-hybridized carbons (Fsp3) is 0.750. The summed E-state index contributed by atoms with van der Waals surface area (Å²) in [6.45, 7) is 10.3. The predicted molar refractivity (Wildman–Crippen MR) is 84.9 cm³/mol. The number of likely N-dealkylation sites (tertiary alicyclic amines) is 1. The summed E-state index contributed by atoms with van der Waals surface area (Å²) in [5.74, 6) is 0. The third-order valence-corrected chi connectivity index (χ3v) is 5.15. The van der Waals surface area contributed by atoms with Gasteiger partial charge in [0.15, 0.2) is 0 Å². The fourth-order valence-electron chi connectivity index (χ4n) is 2.77. The SMILES string of the molecule is CCc1ccc(CN2CCCCC2CNC(C)C)s1. The Morgan fingerprint density at radius 2 is 2.11 bits per heavy atom. The Kier molecular flexibility index (Phi) is 5.86. The Labute approximate surface area is 122 Å². The smallest absolute Gasteiger partial charge is 0.0331 e. The molecule has 2 nitrogen and oxygen atoms in total. The van der Waals surface area contributed by atoms with Crippen LogP contribution < -0.4 is 5.32 Å². The van der Waals surface area contributed by atoms with E-state index in [4.69, 9.17) is 0 Å². The molecule has 0 saturated carbocycles. The highest BCUT2D eigenvalue weighted by molar-refractivity contribution is 7.11. The molecule has 1 aromatic heterocycles. The van der Waals surface area contributed by atoms with E-state index in [1.54, 1.807) is 0 Å². The molecule has 0 aliphatic carbocycles. The minimum atomic E-state index is 0.595. The summed E-state index contributed by atoms with van der Waals surface area (Å²) in [6.07, 6.45) is 5.28. The molecule has 1 saturated heterocycles. The highest BCUT2D eigenvalue weighted by atomic mass is 32.1. The van der Waals surface area contributed by atoms with Gasteiger partial charge in [-0.2, -0.15) is 0 Å². The van der Waals surface area contributed by atoms with E-state index in [1.807, 2.05) is 11.3 Å². The molecule has 108 valence electrons. The van der Waals surface area contributed by atoms with Gasteiger partial charge in [0.25, 0.3) is 0 Å². The van der Waals surface area contributed by atoms with Crippen LogP contribution >= 0.6 is 11.3 Å². The number of nitrogens with zero attached hydrogens (tertiary/aromatic N) is 1. The van der Waals surface area contributed by atoms with E-state index in [9.17, 15) is 0 Å². The van der Waals surface area contributed by atoms with Crippen molar-refractivity contribution < 1.29 is 0 Å². The van der Waals surface area contributed by atoms with Crippen molar-refractivity contribution in [2.45, 2.75) is 65.1 Å². The van der Waals surface area contributed by atoms with Gasteiger partial charge in [0.2, 0.25) is 0 Å². The Hall–Kier alpha value is -0.380. The van der Waals surface area contributed by atoms with Gasteiger partial charge in [0.1, 0.15) is 0 Å². The van der Waals surface area contributed by atoms with E-state index in [2.05, 4.69) is 43.1 Å².